The summed E-state index contributed by atoms with van der Waals surface area (Å²) in [6.07, 6.45) is 2.83. The predicted molar refractivity (Wildman–Crippen MR) is 118 cm³/mol. The number of hydrogen-bond acceptors (Lipinski definition) is 7. The van der Waals surface area contributed by atoms with E-state index in [-0.39, 0.29) is 11.3 Å². The number of anilines is 1. The number of benzene rings is 2. The van der Waals surface area contributed by atoms with E-state index >= 15 is 0 Å². The minimum absolute atomic E-state index is 0.0208. The molecule has 0 spiro atoms. The summed E-state index contributed by atoms with van der Waals surface area (Å²) in [7, 11) is 1.50. The number of ketones is 1. The number of carbonyl (C=O) groups excluding carboxylic acids is 2. The maximum atomic E-state index is 13.3. The number of furan rings is 1. The molecule has 1 aliphatic heterocycles. The first kappa shape index (κ1) is 20.3. The molecule has 0 aliphatic carbocycles. The number of aromatic nitrogens is 1. The van der Waals surface area contributed by atoms with Gasteiger partial charge in [0, 0.05) is 22.9 Å². The number of aliphatic hydroxyl groups is 1. The Labute approximate surface area is 188 Å². The van der Waals surface area contributed by atoms with Gasteiger partial charge in [-0.05, 0) is 30.3 Å². The van der Waals surface area contributed by atoms with Crippen LogP contribution in [0.1, 0.15) is 22.2 Å². The average Bonchev–Trinajstić information content (AvgIpc) is 3.61. The van der Waals surface area contributed by atoms with E-state index in [0.717, 1.165) is 5.56 Å². The van der Waals surface area contributed by atoms with Crippen LogP contribution in [0.2, 0.25) is 0 Å². The van der Waals surface area contributed by atoms with Crippen molar-refractivity contribution in [1.82, 2.24) is 5.16 Å². The zero-order chi connectivity index (χ0) is 22.9. The molecule has 1 atom stereocenters. The third kappa shape index (κ3) is 3.38. The molecular formula is C25H18N2O6. The minimum Gasteiger partial charge on any atom is -0.503 e. The summed E-state index contributed by atoms with van der Waals surface area (Å²) in [5.74, 6) is -1.42. The van der Waals surface area contributed by atoms with Gasteiger partial charge in [-0.3, -0.25) is 14.5 Å². The molecule has 1 unspecified atom stereocenters. The zero-order valence-corrected chi connectivity index (χ0v) is 17.5. The molecule has 1 aliphatic rings. The molecule has 2 aromatic carbocycles. The van der Waals surface area contributed by atoms with E-state index in [9.17, 15) is 14.7 Å². The van der Waals surface area contributed by atoms with Crippen LogP contribution in [0.15, 0.2) is 99.5 Å². The number of ether oxygens (including phenoxy) is 1. The quantitative estimate of drug-likeness (QED) is 0.431. The Hall–Kier alpha value is -4.59. The molecule has 1 amide bonds. The summed E-state index contributed by atoms with van der Waals surface area (Å²) in [4.78, 5) is 27.9. The molecule has 4 aromatic rings. The highest BCUT2D eigenvalue weighted by atomic mass is 16.5. The lowest BCUT2D eigenvalue weighted by Gasteiger charge is -2.28. The van der Waals surface area contributed by atoms with Gasteiger partial charge in [-0.2, -0.15) is 0 Å². The molecule has 0 radical (unpaired) electrons. The van der Waals surface area contributed by atoms with Gasteiger partial charge in [0.2, 0.25) is 5.78 Å². The number of methoxy groups -OCH3 is 1. The van der Waals surface area contributed by atoms with Crippen molar-refractivity contribution in [2.75, 3.05) is 12.0 Å². The molecule has 2 aromatic heterocycles. The molecule has 5 rings (SSSR count). The molecule has 0 bridgehead atoms. The van der Waals surface area contributed by atoms with Gasteiger partial charge >= 0.3 is 0 Å². The Balaban J connectivity index is 1.64. The van der Waals surface area contributed by atoms with Gasteiger partial charge in [0.25, 0.3) is 5.91 Å². The first-order valence-corrected chi connectivity index (χ1v) is 10.1. The Bertz CT molecular complexity index is 1340. The van der Waals surface area contributed by atoms with Gasteiger partial charge in [-0.15, -0.1) is 0 Å². The lowest BCUT2D eigenvalue weighted by molar-refractivity contribution is -0.117. The molecule has 0 saturated carbocycles. The van der Waals surface area contributed by atoms with Crippen LogP contribution >= 0.6 is 0 Å². The molecule has 0 fully saturated rings. The van der Waals surface area contributed by atoms with Crippen LogP contribution in [-0.4, -0.2) is 29.1 Å². The van der Waals surface area contributed by atoms with Gasteiger partial charge in [-0.1, -0.05) is 35.5 Å². The van der Waals surface area contributed by atoms with Crippen LogP contribution in [0.25, 0.3) is 11.3 Å². The molecule has 164 valence electrons. The fourth-order valence-electron chi connectivity index (χ4n) is 3.98. The highest BCUT2D eigenvalue weighted by Crippen LogP contribution is 2.44. The SMILES string of the molecule is COc1ccccc1C1C(C(=O)c2ccco2)=C(O)C(=O)N1c1ccc(-c2ccon2)cc1. The molecule has 8 heteroatoms. The van der Waals surface area contributed by atoms with Crippen LogP contribution in [0.4, 0.5) is 5.69 Å². The van der Waals surface area contributed by atoms with Crippen LogP contribution in [-0.2, 0) is 4.79 Å². The van der Waals surface area contributed by atoms with Gasteiger partial charge in [0.05, 0.1) is 25.0 Å². The van der Waals surface area contributed by atoms with E-state index in [1.165, 1.54) is 30.6 Å². The van der Waals surface area contributed by atoms with Crippen LogP contribution in [0.3, 0.4) is 0 Å². The van der Waals surface area contributed by atoms with E-state index in [4.69, 9.17) is 13.7 Å². The summed E-state index contributed by atoms with van der Waals surface area (Å²) in [6.45, 7) is 0. The summed E-state index contributed by atoms with van der Waals surface area (Å²) in [5.41, 5.74) is 2.38. The van der Waals surface area contributed by atoms with Crippen molar-refractivity contribution in [2.45, 2.75) is 6.04 Å². The maximum absolute atomic E-state index is 13.3. The van der Waals surface area contributed by atoms with Crippen molar-refractivity contribution < 1.29 is 28.4 Å². The summed E-state index contributed by atoms with van der Waals surface area (Å²) in [6, 6.07) is 17.9. The third-order valence-corrected chi connectivity index (χ3v) is 5.51. The zero-order valence-electron chi connectivity index (χ0n) is 17.5. The second-order valence-electron chi connectivity index (χ2n) is 7.32. The van der Waals surface area contributed by atoms with E-state index in [2.05, 4.69) is 5.16 Å². The Kier molecular flexibility index (Phi) is 5.02. The number of Topliss-reactive ketones (excluding diaryl/α,β-unsaturated/α-hetero) is 1. The summed E-state index contributed by atoms with van der Waals surface area (Å²) in [5, 5.41) is 14.7. The highest BCUT2D eigenvalue weighted by molar-refractivity contribution is 6.20. The minimum atomic E-state index is -0.927. The molecule has 3 heterocycles. The fraction of sp³-hybridized carbons (Fsp3) is 0.0800. The Morgan fingerprint density at radius 2 is 1.82 bits per heavy atom. The predicted octanol–water partition coefficient (Wildman–Crippen LogP) is 4.73. The normalized spacial score (nSPS) is 15.8. The fourth-order valence-corrected chi connectivity index (χ4v) is 3.98. The smallest absolute Gasteiger partial charge is 0.294 e. The number of amides is 1. The van der Waals surface area contributed by atoms with E-state index in [1.807, 2.05) is 0 Å². The molecule has 1 N–H and O–H groups in total. The number of rotatable bonds is 6. The van der Waals surface area contributed by atoms with Crippen molar-refractivity contribution in [1.29, 1.82) is 0 Å². The van der Waals surface area contributed by atoms with Crippen LogP contribution in [0, 0.1) is 0 Å². The van der Waals surface area contributed by atoms with Gasteiger partial charge < -0.3 is 18.8 Å². The second-order valence-corrected chi connectivity index (χ2v) is 7.32. The molecule has 33 heavy (non-hydrogen) atoms. The van der Waals surface area contributed by atoms with Crippen molar-refractivity contribution in [3.63, 3.8) is 0 Å². The first-order valence-electron chi connectivity index (χ1n) is 10.1. The average molecular weight is 442 g/mol. The largest absolute Gasteiger partial charge is 0.503 e. The summed E-state index contributed by atoms with van der Waals surface area (Å²) < 4.78 is 15.7. The lowest BCUT2D eigenvalue weighted by Crippen LogP contribution is -2.31. The monoisotopic (exact) mass is 442 g/mol. The van der Waals surface area contributed by atoms with Crippen molar-refractivity contribution >= 4 is 17.4 Å². The Morgan fingerprint density at radius 1 is 1.03 bits per heavy atom. The number of hydrogen-bond donors (Lipinski definition) is 1. The maximum Gasteiger partial charge on any atom is 0.294 e. The lowest BCUT2D eigenvalue weighted by atomic mass is 9.94. The topological polar surface area (TPSA) is 106 Å². The van der Waals surface area contributed by atoms with Crippen LogP contribution < -0.4 is 9.64 Å². The van der Waals surface area contributed by atoms with E-state index < -0.39 is 23.5 Å². The number of carbonyl (C=O) groups is 2. The first-order chi connectivity index (χ1) is 16.1. The number of aliphatic hydroxyl groups excluding tert-OH is 1. The van der Waals surface area contributed by atoms with Gasteiger partial charge in [-0.25, -0.2) is 0 Å². The number of para-hydroxylation sites is 1. The number of nitrogens with zero attached hydrogens (tertiary/aromatic N) is 2. The molecule has 0 saturated heterocycles. The molecule has 8 nitrogen and oxygen atoms in total. The third-order valence-electron chi connectivity index (χ3n) is 5.51. The molecular weight excluding hydrogens is 424 g/mol. The van der Waals surface area contributed by atoms with Crippen molar-refractivity contribution in [3.05, 3.63) is 102 Å². The summed E-state index contributed by atoms with van der Waals surface area (Å²) >= 11 is 0. The van der Waals surface area contributed by atoms with Gasteiger partial charge in [0.1, 0.15) is 17.7 Å². The Morgan fingerprint density at radius 3 is 2.48 bits per heavy atom. The van der Waals surface area contributed by atoms with E-state index in [1.54, 1.807) is 60.7 Å². The highest BCUT2D eigenvalue weighted by Gasteiger charge is 2.46. The standard InChI is InChI=1S/C25H18N2O6/c1-31-19-6-3-2-5-17(19)22-21(23(28)20-7-4-13-32-20)24(29)25(30)27(22)16-10-8-15(9-11-16)18-12-14-33-26-18/h2-14,22,29H,1H3. The van der Waals surface area contributed by atoms with Crippen molar-refractivity contribution in [3.8, 4) is 17.0 Å². The van der Waals surface area contributed by atoms with E-state index in [0.29, 0.717) is 22.7 Å². The van der Waals surface area contributed by atoms with Gasteiger partial charge in [0.15, 0.2) is 11.5 Å². The van der Waals surface area contributed by atoms with Crippen LogP contribution in [0.5, 0.6) is 5.75 Å². The second kappa shape index (κ2) is 8.16. The van der Waals surface area contributed by atoms with Crippen molar-refractivity contribution in [2.24, 2.45) is 0 Å².